The Balaban J connectivity index is 1.58. The van der Waals surface area contributed by atoms with Crippen LogP contribution in [0.3, 0.4) is 0 Å². The number of anilines is 1. The summed E-state index contributed by atoms with van der Waals surface area (Å²) in [6.45, 7) is 0. The molecule has 3 rings (SSSR count). The largest absolute Gasteiger partial charge is 0.393 e. The van der Waals surface area contributed by atoms with Gasteiger partial charge in [0, 0.05) is 17.8 Å². The zero-order valence-corrected chi connectivity index (χ0v) is 11.9. The molecule has 0 spiro atoms. The van der Waals surface area contributed by atoms with E-state index < -0.39 is 0 Å². The third kappa shape index (κ3) is 4.02. The second-order valence-electron chi connectivity index (χ2n) is 5.50. The number of benzene rings is 1. The topological polar surface area (TPSA) is 58.0 Å². The number of aromatic nitrogens is 2. The molecule has 1 heterocycles. The lowest BCUT2D eigenvalue weighted by molar-refractivity contribution is 0.213. The highest BCUT2D eigenvalue weighted by atomic mass is 16.3. The summed E-state index contributed by atoms with van der Waals surface area (Å²) in [6, 6.07) is 12.7. The lowest BCUT2D eigenvalue weighted by Gasteiger charge is -2.13. The SMILES string of the molecule is O[C@H]1[CH]C[C@@H](Nc2cc(CCc3ccccc3)ncn2)C1. The van der Waals surface area contributed by atoms with E-state index in [-0.39, 0.29) is 12.1 Å². The van der Waals surface area contributed by atoms with Crippen molar-refractivity contribution in [3.8, 4) is 0 Å². The van der Waals surface area contributed by atoms with Crippen LogP contribution in [0.2, 0.25) is 0 Å². The average Bonchev–Trinajstić information content (AvgIpc) is 2.92. The Morgan fingerprint density at radius 2 is 2.00 bits per heavy atom. The van der Waals surface area contributed by atoms with Crippen LogP contribution in [-0.4, -0.2) is 27.2 Å². The van der Waals surface area contributed by atoms with Crippen LogP contribution >= 0.6 is 0 Å². The minimum absolute atomic E-state index is 0.275. The van der Waals surface area contributed by atoms with E-state index in [9.17, 15) is 5.11 Å². The predicted molar refractivity (Wildman–Crippen MR) is 82.8 cm³/mol. The van der Waals surface area contributed by atoms with Gasteiger partial charge in [-0.05, 0) is 37.7 Å². The van der Waals surface area contributed by atoms with Gasteiger partial charge in [-0.2, -0.15) is 0 Å². The minimum atomic E-state index is -0.290. The van der Waals surface area contributed by atoms with E-state index in [4.69, 9.17) is 0 Å². The van der Waals surface area contributed by atoms with E-state index in [1.54, 1.807) is 6.33 Å². The number of rotatable bonds is 5. The summed E-state index contributed by atoms with van der Waals surface area (Å²) in [5, 5.41) is 12.9. The van der Waals surface area contributed by atoms with Crippen LogP contribution in [0.25, 0.3) is 0 Å². The van der Waals surface area contributed by atoms with Gasteiger partial charge in [0.1, 0.15) is 12.1 Å². The van der Waals surface area contributed by atoms with E-state index in [1.807, 2.05) is 18.6 Å². The van der Waals surface area contributed by atoms with Crippen molar-refractivity contribution in [3.05, 3.63) is 60.4 Å². The molecule has 0 amide bonds. The molecular formula is C17H20N3O. The van der Waals surface area contributed by atoms with Crippen molar-refractivity contribution in [2.24, 2.45) is 0 Å². The summed E-state index contributed by atoms with van der Waals surface area (Å²) in [5.74, 6) is 0.848. The summed E-state index contributed by atoms with van der Waals surface area (Å²) in [5.41, 5.74) is 2.36. The first-order chi connectivity index (χ1) is 10.3. The van der Waals surface area contributed by atoms with Crippen molar-refractivity contribution >= 4 is 5.82 Å². The first-order valence-corrected chi connectivity index (χ1v) is 7.42. The molecule has 1 fully saturated rings. The average molecular weight is 282 g/mol. The van der Waals surface area contributed by atoms with Gasteiger partial charge in [0.15, 0.2) is 0 Å². The number of nitrogens with one attached hydrogen (secondary N) is 1. The second-order valence-corrected chi connectivity index (χ2v) is 5.50. The summed E-state index contributed by atoms with van der Waals surface area (Å²) in [6.07, 6.45) is 6.77. The van der Waals surface area contributed by atoms with Crippen LogP contribution in [0.1, 0.15) is 24.1 Å². The first kappa shape index (κ1) is 14.0. The molecule has 1 aliphatic rings. The Bertz CT molecular complexity index is 573. The van der Waals surface area contributed by atoms with E-state index in [0.717, 1.165) is 37.2 Å². The third-order valence-electron chi connectivity index (χ3n) is 3.81. The Labute approximate surface area is 125 Å². The normalized spacial score (nSPS) is 21.4. The lowest BCUT2D eigenvalue weighted by atomic mass is 10.1. The van der Waals surface area contributed by atoms with E-state index in [2.05, 4.69) is 39.6 Å². The van der Waals surface area contributed by atoms with Crippen LogP contribution < -0.4 is 5.32 Å². The fourth-order valence-corrected chi connectivity index (χ4v) is 2.66. The van der Waals surface area contributed by atoms with E-state index in [0.29, 0.717) is 0 Å². The Morgan fingerprint density at radius 1 is 1.14 bits per heavy atom. The molecule has 0 aliphatic heterocycles. The highest BCUT2D eigenvalue weighted by Gasteiger charge is 2.23. The molecule has 109 valence electrons. The molecule has 4 heteroatoms. The van der Waals surface area contributed by atoms with Gasteiger partial charge >= 0.3 is 0 Å². The number of aryl methyl sites for hydroxylation is 2. The third-order valence-corrected chi connectivity index (χ3v) is 3.81. The fraction of sp³-hybridized carbons (Fsp3) is 0.353. The van der Waals surface area contributed by atoms with Crippen LogP contribution in [0.4, 0.5) is 5.82 Å². The molecule has 0 saturated heterocycles. The number of hydrogen-bond acceptors (Lipinski definition) is 4. The van der Waals surface area contributed by atoms with Crippen LogP contribution in [0.15, 0.2) is 42.7 Å². The van der Waals surface area contributed by atoms with Crippen LogP contribution in [0, 0.1) is 6.42 Å². The monoisotopic (exact) mass is 282 g/mol. The van der Waals surface area contributed by atoms with Crippen LogP contribution in [-0.2, 0) is 12.8 Å². The molecule has 4 nitrogen and oxygen atoms in total. The zero-order valence-electron chi connectivity index (χ0n) is 11.9. The molecule has 1 radical (unpaired) electrons. The van der Waals surface area contributed by atoms with Crippen molar-refractivity contribution in [2.45, 2.75) is 37.8 Å². The summed E-state index contributed by atoms with van der Waals surface area (Å²) >= 11 is 0. The molecule has 0 bridgehead atoms. The van der Waals surface area contributed by atoms with Gasteiger partial charge in [-0.1, -0.05) is 30.3 Å². The molecule has 1 saturated carbocycles. The van der Waals surface area contributed by atoms with Crippen LogP contribution in [0.5, 0.6) is 0 Å². The Morgan fingerprint density at radius 3 is 2.76 bits per heavy atom. The molecule has 2 N–H and O–H groups in total. The zero-order chi connectivity index (χ0) is 14.5. The standard InChI is InChI=1S/C17H20N3O/c21-16-9-8-15(10-16)20-17-11-14(18-12-19-17)7-6-13-4-2-1-3-5-13/h1-5,9,11-12,15-16,21H,6-8,10H2,(H,18,19,20)/t15-,16+/m1/s1. The van der Waals surface area contributed by atoms with Gasteiger partial charge in [0.05, 0.1) is 6.10 Å². The van der Waals surface area contributed by atoms with Gasteiger partial charge in [-0.3, -0.25) is 0 Å². The summed E-state index contributed by atoms with van der Waals surface area (Å²) < 4.78 is 0. The van der Waals surface area contributed by atoms with E-state index in [1.165, 1.54) is 5.56 Å². The predicted octanol–water partition coefficient (Wildman–Crippen LogP) is 2.40. The van der Waals surface area contributed by atoms with Gasteiger partial charge in [-0.25, -0.2) is 9.97 Å². The van der Waals surface area contributed by atoms with Crippen molar-refractivity contribution in [2.75, 3.05) is 5.32 Å². The molecule has 21 heavy (non-hydrogen) atoms. The molecule has 1 aliphatic carbocycles. The molecule has 0 unspecified atom stereocenters. The maximum Gasteiger partial charge on any atom is 0.129 e. The highest BCUT2D eigenvalue weighted by molar-refractivity contribution is 5.37. The summed E-state index contributed by atoms with van der Waals surface area (Å²) in [7, 11) is 0. The number of aliphatic hydroxyl groups is 1. The number of aliphatic hydroxyl groups excluding tert-OH is 1. The molecular weight excluding hydrogens is 262 g/mol. The number of hydrogen-bond donors (Lipinski definition) is 2. The minimum Gasteiger partial charge on any atom is -0.393 e. The Hall–Kier alpha value is -1.94. The Kier molecular flexibility index (Phi) is 4.46. The first-order valence-electron chi connectivity index (χ1n) is 7.42. The van der Waals surface area contributed by atoms with Crippen molar-refractivity contribution in [1.82, 2.24) is 9.97 Å². The van der Waals surface area contributed by atoms with Gasteiger partial charge in [-0.15, -0.1) is 0 Å². The van der Waals surface area contributed by atoms with Crippen molar-refractivity contribution in [3.63, 3.8) is 0 Å². The van der Waals surface area contributed by atoms with Gasteiger partial charge in [0.2, 0.25) is 0 Å². The van der Waals surface area contributed by atoms with E-state index >= 15 is 0 Å². The molecule has 2 atom stereocenters. The van der Waals surface area contributed by atoms with Gasteiger partial charge < -0.3 is 10.4 Å². The molecule has 1 aromatic heterocycles. The van der Waals surface area contributed by atoms with Crippen molar-refractivity contribution < 1.29 is 5.11 Å². The second kappa shape index (κ2) is 6.68. The quantitative estimate of drug-likeness (QED) is 0.884. The van der Waals surface area contributed by atoms with Crippen molar-refractivity contribution in [1.29, 1.82) is 0 Å². The summed E-state index contributed by atoms with van der Waals surface area (Å²) in [4.78, 5) is 8.60. The number of nitrogens with zero attached hydrogens (tertiary/aromatic N) is 2. The maximum absolute atomic E-state index is 9.51. The highest BCUT2D eigenvalue weighted by Crippen LogP contribution is 2.21. The lowest BCUT2D eigenvalue weighted by Crippen LogP contribution is -2.17. The molecule has 1 aromatic carbocycles. The van der Waals surface area contributed by atoms with Gasteiger partial charge in [0.25, 0.3) is 0 Å². The fourth-order valence-electron chi connectivity index (χ4n) is 2.66. The molecule has 2 aromatic rings. The smallest absolute Gasteiger partial charge is 0.129 e. The maximum atomic E-state index is 9.51.